The van der Waals surface area contributed by atoms with E-state index in [0.29, 0.717) is 0 Å². The molecule has 1 rings (SSSR count). The molecule has 0 saturated carbocycles. The highest BCUT2D eigenvalue weighted by atomic mass is 16.2. The van der Waals surface area contributed by atoms with Crippen molar-refractivity contribution in [2.75, 3.05) is 7.05 Å². The summed E-state index contributed by atoms with van der Waals surface area (Å²) in [6, 6.07) is 0. The molecule has 3 N–H and O–H groups in total. The molecule has 0 bridgehead atoms. The number of imidazole rings is 1. The Morgan fingerprint density at radius 2 is 2.46 bits per heavy atom. The summed E-state index contributed by atoms with van der Waals surface area (Å²) < 4.78 is 0. The third kappa shape index (κ3) is 2.01. The van der Waals surface area contributed by atoms with Gasteiger partial charge in [0.25, 0.3) is 0 Å². The molecule has 1 aromatic rings. The SMILES string of the molecule is Cc1cnc(C(=O)N(C)N=NN)[nH]1. The molecule has 0 spiro atoms. The van der Waals surface area contributed by atoms with Gasteiger partial charge in [0.15, 0.2) is 5.82 Å². The second kappa shape index (κ2) is 3.65. The maximum absolute atomic E-state index is 11.4. The van der Waals surface area contributed by atoms with Gasteiger partial charge in [0.1, 0.15) is 0 Å². The maximum atomic E-state index is 11.4. The smallest absolute Gasteiger partial charge is 0.310 e. The van der Waals surface area contributed by atoms with Gasteiger partial charge in [-0.05, 0) is 12.1 Å². The Morgan fingerprint density at radius 1 is 1.77 bits per heavy atom. The van der Waals surface area contributed by atoms with Gasteiger partial charge in [0.05, 0.1) is 0 Å². The Bertz CT molecular complexity index is 330. The van der Waals surface area contributed by atoms with Gasteiger partial charge in [0.2, 0.25) is 0 Å². The third-order valence-electron chi connectivity index (χ3n) is 1.39. The molecular formula is C6H10N6O. The number of hydrogen-bond donors (Lipinski definition) is 2. The van der Waals surface area contributed by atoms with E-state index < -0.39 is 0 Å². The summed E-state index contributed by atoms with van der Waals surface area (Å²) in [6.07, 6.45) is 1.56. The number of amides is 1. The van der Waals surface area contributed by atoms with E-state index in [1.54, 1.807) is 13.1 Å². The highest BCUT2D eigenvalue weighted by molar-refractivity contribution is 5.90. The van der Waals surface area contributed by atoms with Crippen LogP contribution >= 0.6 is 0 Å². The standard InChI is InChI=1S/C6H10N6O/c1-4-3-8-5(9-4)6(13)12(2)11-10-7/h3H,1-2H3,(H2,7,11)(H,8,9). The highest BCUT2D eigenvalue weighted by Crippen LogP contribution is 1.99. The molecule has 0 aliphatic rings. The number of hydrogen-bond acceptors (Lipinski definition) is 4. The predicted molar refractivity (Wildman–Crippen MR) is 44.5 cm³/mol. The molecule has 0 aliphatic carbocycles. The van der Waals surface area contributed by atoms with E-state index in [1.807, 2.05) is 0 Å². The zero-order chi connectivity index (χ0) is 9.84. The van der Waals surface area contributed by atoms with E-state index in [1.165, 1.54) is 7.05 Å². The number of aromatic amines is 1. The van der Waals surface area contributed by atoms with Crippen molar-refractivity contribution in [2.45, 2.75) is 6.92 Å². The molecule has 1 aromatic heterocycles. The van der Waals surface area contributed by atoms with Crippen LogP contribution in [0.25, 0.3) is 0 Å². The van der Waals surface area contributed by atoms with Crippen LogP contribution in [0.4, 0.5) is 0 Å². The molecule has 13 heavy (non-hydrogen) atoms. The van der Waals surface area contributed by atoms with Crippen LogP contribution < -0.4 is 5.84 Å². The zero-order valence-corrected chi connectivity index (χ0v) is 7.35. The molecule has 0 aromatic carbocycles. The second-order valence-electron chi connectivity index (χ2n) is 2.45. The van der Waals surface area contributed by atoms with Crippen molar-refractivity contribution in [1.82, 2.24) is 15.0 Å². The summed E-state index contributed by atoms with van der Waals surface area (Å²) in [5.41, 5.74) is 0.807. The lowest BCUT2D eigenvalue weighted by molar-refractivity contribution is 0.0775. The van der Waals surface area contributed by atoms with Crippen LogP contribution in [0.5, 0.6) is 0 Å². The molecule has 0 aliphatic heterocycles. The summed E-state index contributed by atoms with van der Waals surface area (Å²) in [7, 11) is 1.44. The number of H-pyrrole nitrogens is 1. The van der Waals surface area contributed by atoms with Crippen LogP contribution in [-0.2, 0) is 0 Å². The van der Waals surface area contributed by atoms with Crippen molar-refractivity contribution in [3.63, 3.8) is 0 Å². The van der Waals surface area contributed by atoms with E-state index in [9.17, 15) is 4.79 Å². The van der Waals surface area contributed by atoms with Crippen LogP contribution in [0.3, 0.4) is 0 Å². The number of carbonyl (C=O) groups is 1. The van der Waals surface area contributed by atoms with E-state index in [-0.39, 0.29) is 11.7 Å². The Kier molecular flexibility index (Phi) is 2.58. The van der Waals surface area contributed by atoms with Crippen LogP contribution in [0, 0.1) is 6.92 Å². The van der Waals surface area contributed by atoms with Gasteiger partial charge in [-0.3, -0.25) is 4.79 Å². The van der Waals surface area contributed by atoms with Crippen molar-refractivity contribution in [2.24, 2.45) is 16.3 Å². The number of aromatic nitrogens is 2. The van der Waals surface area contributed by atoms with Gasteiger partial charge >= 0.3 is 5.91 Å². The lowest BCUT2D eigenvalue weighted by Gasteiger charge is -2.05. The van der Waals surface area contributed by atoms with Crippen molar-refractivity contribution >= 4 is 5.91 Å². The number of aryl methyl sites for hydroxylation is 1. The quantitative estimate of drug-likeness (QED) is 0.383. The van der Waals surface area contributed by atoms with Crippen LogP contribution in [-0.4, -0.2) is 27.9 Å². The van der Waals surface area contributed by atoms with Crippen LogP contribution in [0.1, 0.15) is 16.3 Å². The number of carbonyl (C=O) groups excluding carboxylic acids is 1. The predicted octanol–water partition coefficient (Wildman–Crippen LogP) is 0.0310. The molecular weight excluding hydrogens is 172 g/mol. The number of nitrogens with one attached hydrogen (secondary N) is 1. The van der Waals surface area contributed by atoms with Gasteiger partial charge in [-0.2, -0.15) is 0 Å². The minimum atomic E-state index is -0.387. The lowest BCUT2D eigenvalue weighted by Crippen LogP contribution is -2.22. The summed E-state index contributed by atoms with van der Waals surface area (Å²) in [5, 5.41) is 7.31. The lowest BCUT2D eigenvalue weighted by atomic mass is 10.5. The first-order valence-electron chi connectivity index (χ1n) is 3.55. The van der Waals surface area contributed by atoms with Gasteiger partial charge in [-0.25, -0.2) is 9.99 Å². The Morgan fingerprint density at radius 3 is 2.92 bits per heavy atom. The summed E-state index contributed by atoms with van der Waals surface area (Å²) >= 11 is 0. The summed E-state index contributed by atoms with van der Waals surface area (Å²) in [6.45, 7) is 1.80. The normalized spacial score (nSPS) is 10.6. The molecule has 0 fully saturated rings. The first kappa shape index (κ1) is 9.17. The average molecular weight is 182 g/mol. The molecule has 0 atom stereocenters. The van der Waals surface area contributed by atoms with Gasteiger partial charge in [-0.15, -0.1) is 0 Å². The van der Waals surface area contributed by atoms with Gasteiger partial charge in [-0.1, -0.05) is 5.22 Å². The number of nitrogens with two attached hydrogens (primary N) is 1. The number of nitrogens with zero attached hydrogens (tertiary/aromatic N) is 4. The van der Waals surface area contributed by atoms with E-state index in [0.717, 1.165) is 10.7 Å². The van der Waals surface area contributed by atoms with Crippen LogP contribution in [0.15, 0.2) is 16.6 Å². The van der Waals surface area contributed by atoms with Crippen molar-refractivity contribution < 1.29 is 4.79 Å². The summed E-state index contributed by atoms with van der Waals surface area (Å²) in [5.74, 6) is 4.61. The molecule has 0 unspecified atom stereocenters. The monoisotopic (exact) mass is 182 g/mol. The molecule has 0 radical (unpaired) electrons. The first-order valence-corrected chi connectivity index (χ1v) is 3.55. The topological polar surface area (TPSA) is 99.7 Å². The van der Waals surface area contributed by atoms with Crippen molar-refractivity contribution in [3.8, 4) is 0 Å². The number of rotatable bonds is 2. The average Bonchev–Trinajstić information content (AvgIpc) is 2.51. The van der Waals surface area contributed by atoms with E-state index in [4.69, 9.17) is 5.84 Å². The zero-order valence-electron chi connectivity index (χ0n) is 7.35. The van der Waals surface area contributed by atoms with Crippen molar-refractivity contribution in [3.05, 3.63) is 17.7 Å². The Hall–Kier alpha value is -1.92. The van der Waals surface area contributed by atoms with E-state index in [2.05, 4.69) is 20.4 Å². The Balaban J connectivity index is 2.79. The molecule has 70 valence electrons. The third-order valence-corrected chi connectivity index (χ3v) is 1.39. The molecule has 7 heteroatoms. The largest absolute Gasteiger partial charge is 0.338 e. The minimum absolute atomic E-state index is 0.215. The van der Waals surface area contributed by atoms with Crippen LogP contribution in [0.2, 0.25) is 0 Å². The maximum Gasteiger partial charge on any atom is 0.310 e. The fourth-order valence-electron chi connectivity index (χ4n) is 0.793. The van der Waals surface area contributed by atoms with Gasteiger partial charge in [0, 0.05) is 18.9 Å². The highest BCUT2D eigenvalue weighted by Gasteiger charge is 2.13. The fourth-order valence-corrected chi connectivity index (χ4v) is 0.793. The van der Waals surface area contributed by atoms with Gasteiger partial charge < -0.3 is 10.8 Å². The molecule has 1 heterocycles. The molecule has 1 amide bonds. The Labute approximate surface area is 74.6 Å². The molecule has 7 nitrogen and oxygen atoms in total. The molecule has 0 saturated heterocycles. The van der Waals surface area contributed by atoms with Crippen molar-refractivity contribution in [1.29, 1.82) is 0 Å². The summed E-state index contributed by atoms with van der Waals surface area (Å²) in [4.78, 5) is 18.0. The first-order chi connectivity index (χ1) is 6.15. The second-order valence-corrected chi connectivity index (χ2v) is 2.45. The van der Waals surface area contributed by atoms with E-state index >= 15 is 0 Å². The fraction of sp³-hybridized carbons (Fsp3) is 0.333. The minimum Gasteiger partial charge on any atom is -0.338 e.